The highest BCUT2D eigenvalue weighted by Gasteiger charge is 2.14. The van der Waals surface area contributed by atoms with Gasteiger partial charge in [-0.25, -0.2) is 4.72 Å². The van der Waals surface area contributed by atoms with Crippen LogP contribution in [0.2, 0.25) is 0 Å². The molecule has 6 heteroatoms. The minimum atomic E-state index is -3.88. The molecular weight excluding hydrogens is 276 g/mol. The number of carbonyl (C=O) groups is 1. The van der Waals surface area contributed by atoms with E-state index in [2.05, 4.69) is 4.72 Å². The zero-order valence-corrected chi connectivity index (χ0v) is 11.4. The lowest BCUT2D eigenvalue weighted by Crippen LogP contribution is -2.39. The predicted molar refractivity (Wildman–Crippen MR) is 76.1 cm³/mol. The van der Waals surface area contributed by atoms with Gasteiger partial charge in [-0.2, -0.15) is 13.1 Å². The third-order valence-electron chi connectivity index (χ3n) is 2.57. The molecule has 104 valence electrons. The van der Waals surface area contributed by atoms with Crippen molar-refractivity contribution in [1.29, 1.82) is 0 Å². The van der Waals surface area contributed by atoms with E-state index >= 15 is 0 Å². The first kappa shape index (κ1) is 14.2. The molecule has 0 atom stereocenters. The number of hydrogen-bond acceptors (Lipinski definition) is 3. The molecule has 0 aliphatic carbocycles. The molecule has 2 aromatic rings. The molecule has 0 heterocycles. The van der Waals surface area contributed by atoms with Gasteiger partial charge < -0.3 is 0 Å². The summed E-state index contributed by atoms with van der Waals surface area (Å²) in [7, 11) is -3.88. The van der Waals surface area contributed by atoms with Gasteiger partial charge in [-0.3, -0.25) is 4.79 Å². The minimum absolute atomic E-state index is 0.123. The monoisotopic (exact) mass is 290 g/mol. The third-order valence-corrected chi connectivity index (χ3v) is 3.55. The maximum Gasteiger partial charge on any atom is 0.301 e. The average Bonchev–Trinajstić information content (AvgIpc) is 2.47. The van der Waals surface area contributed by atoms with Crippen LogP contribution in [-0.2, 0) is 16.8 Å². The van der Waals surface area contributed by atoms with Gasteiger partial charge in [0.2, 0.25) is 0 Å². The molecule has 2 rings (SSSR count). The van der Waals surface area contributed by atoms with E-state index in [0.29, 0.717) is 0 Å². The lowest BCUT2D eigenvalue weighted by molar-refractivity contribution is 0.0981. The molecule has 0 spiro atoms. The van der Waals surface area contributed by atoms with Crippen molar-refractivity contribution in [3.63, 3.8) is 0 Å². The van der Waals surface area contributed by atoms with Crippen molar-refractivity contribution in [2.45, 2.75) is 6.54 Å². The summed E-state index contributed by atoms with van der Waals surface area (Å²) in [6, 6.07) is 17.2. The van der Waals surface area contributed by atoms with Gasteiger partial charge in [0.15, 0.2) is 0 Å². The molecule has 2 N–H and O–H groups in total. The Morgan fingerprint density at radius 3 is 2.05 bits per heavy atom. The van der Waals surface area contributed by atoms with Crippen LogP contribution in [0.4, 0.5) is 0 Å². The molecule has 0 saturated heterocycles. The predicted octanol–water partition coefficient (Wildman–Crippen LogP) is 1.45. The summed E-state index contributed by atoms with van der Waals surface area (Å²) < 4.78 is 27.8. The first-order chi connectivity index (χ1) is 9.57. The Morgan fingerprint density at radius 2 is 1.45 bits per heavy atom. The normalized spacial score (nSPS) is 11.0. The second-order valence-corrected chi connectivity index (χ2v) is 5.61. The van der Waals surface area contributed by atoms with Gasteiger partial charge in [0.05, 0.1) is 0 Å². The summed E-state index contributed by atoms with van der Waals surface area (Å²) in [5.41, 5.74) is 1.10. The molecule has 20 heavy (non-hydrogen) atoms. The van der Waals surface area contributed by atoms with Gasteiger partial charge in [0.25, 0.3) is 5.91 Å². The molecule has 0 unspecified atom stereocenters. The van der Waals surface area contributed by atoms with Gasteiger partial charge >= 0.3 is 10.2 Å². The van der Waals surface area contributed by atoms with E-state index < -0.39 is 16.1 Å². The Balaban J connectivity index is 1.96. The Bertz CT molecular complexity index is 670. The molecule has 0 aromatic heterocycles. The summed E-state index contributed by atoms with van der Waals surface area (Å²) >= 11 is 0. The van der Waals surface area contributed by atoms with Crippen LogP contribution in [0.5, 0.6) is 0 Å². The highest BCUT2D eigenvalue weighted by molar-refractivity contribution is 7.88. The highest BCUT2D eigenvalue weighted by atomic mass is 32.2. The van der Waals surface area contributed by atoms with E-state index in [0.717, 1.165) is 5.56 Å². The Labute approximate surface area is 117 Å². The quantitative estimate of drug-likeness (QED) is 0.875. The van der Waals surface area contributed by atoms with Crippen LogP contribution in [0, 0.1) is 0 Å². The lowest BCUT2D eigenvalue weighted by atomic mass is 10.2. The number of rotatable bonds is 5. The molecule has 0 saturated carbocycles. The van der Waals surface area contributed by atoms with E-state index in [1.54, 1.807) is 42.5 Å². The highest BCUT2D eigenvalue weighted by Crippen LogP contribution is 2.00. The van der Waals surface area contributed by atoms with Crippen molar-refractivity contribution in [3.8, 4) is 0 Å². The number of carbonyl (C=O) groups excluding carboxylic acids is 1. The van der Waals surface area contributed by atoms with Crippen molar-refractivity contribution in [2.75, 3.05) is 0 Å². The first-order valence-corrected chi connectivity index (χ1v) is 7.46. The van der Waals surface area contributed by atoms with E-state index in [-0.39, 0.29) is 12.1 Å². The molecule has 0 aliphatic heterocycles. The van der Waals surface area contributed by atoms with Crippen LogP contribution < -0.4 is 9.44 Å². The SMILES string of the molecule is O=C(NS(=O)(=O)NCc1ccccc1)c1ccccc1. The molecule has 5 nitrogen and oxygen atoms in total. The van der Waals surface area contributed by atoms with Crippen molar-refractivity contribution < 1.29 is 13.2 Å². The zero-order chi connectivity index (χ0) is 14.4. The molecule has 0 aliphatic rings. The van der Waals surface area contributed by atoms with Crippen LogP contribution in [-0.4, -0.2) is 14.3 Å². The fourth-order valence-electron chi connectivity index (χ4n) is 1.58. The second-order valence-electron chi connectivity index (χ2n) is 4.11. The summed E-state index contributed by atoms with van der Waals surface area (Å²) in [5, 5.41) is 0. The van der Waals surface area contributed by atoms with Crippen molar-refractivity contribution in [1.82, 2.24) is 9.44 Å². The van der Waals surface area contributed by atoms with Crippen molar-refractivity contribution in [3.05, 3.63) is 71.8 Å². The average molecular weight is 290 g/mol. The Kier molecular flexibility index (Phi) is 4.49. The van der Waals surface area contributed by atoms with Crippen LogP contribution in [0.3, 0.4) is 0 Å². The van der Waals surface area contributed by atoms with Gasteiger partial charge in [-0.1, -0.05) is 48.5 Å². The van der Waals surface area contributed by atoms with Gasteiger partial charge in [0, 0.05) is 12.1 Å². The third kappa shape index (κ3) is 4.18. The smallest absolute Gasteiger partial charge is 0.268 e. The summed E-state index contributed by atoms with van der Waals surface area (Å²) in [6.45, 7) is 0.123. The number of benzene rings is 2. The van der Waals surface area contributed by atoms with E-state index in [1.807, 2.05) is 22.9 Å². The van der Waals surface area contributed by atoms with Crippen LogP contribution in [0.1, 0.15) is 15.9 Å². The van der Waals surface area contributed by atoms with Crippen LogP contribution >= 0.6 is 0 Å². The number of hydrogen-bond donors (Lipinski definition) is 2. The Morgan fingerprint density at radius 1 is 0.900 bits per heavy atom. The zero-order valence-electron chi connectivity index (χ0n) is 10.6. The summed E-state index contributed by atoms with van der Waals surface area (Å²) in [4.78, 5) is 11.7. The molecule has 0 bridgehead atoms. The molecule has 0 fully saturated rings. The summed E-state index contributed by atoms with van der Waals surface area (Å²) in [5.74, 6) is -0.661. The van der Waals surface area contributed by atoms with E-state index in [1.165, 1.54) is 0 Å². The molecule has 0 radical (unpaired) electrons. The van der Waals surface area contributed by atoms with Crippen LogP contribution in [0.25, 0.3) is 0 Å². The maximum atomic E-state index is 11.7. The fourth-order valence-corrected chi connectivity index (χ4v) is 2.37. The lowest BCUT2D eigenvalue weighted by Gasteiger charge is -2.08. The van der Waals surface area contributed by atoms with E-state index in [9.17, 15) is 13.2 Å². The molecular formula is C14H14N2O3S. The van der Waals surface area contributed by atoms with Crippen molar-refractivity contribution in [2.24, 2.45) is 0 Å². The van der Waals surface area contributed by atoms with Gasteiger partial charge in [-0.15, -0.1) is 0 Å². The van der Waals surface area contributed by atoms with Crippen LogP contribution in [0.15, 0.2) is 60.7 Å². The first-order valence-electron chi connectivity index (χ1n) is 5.97. The Hall–Kier alpha value is -2.18. The second kappa shape index (κ2) is 6.31. The maximum absolute atomic E-state index is 11.7. The fraction of sp³-hybridized carbons (Fsp3) is 0.0714. The molecule has 1 amide bonds. The number of amides is 1. The minimum Gasteiger partial charge on any atom is -0.268 e. The number of nitrogens with one attached hydrogen (secondary N) is 2. The van der Waals surface area contributed by atoms with Gasteiger partial charge in [-0.05, 0) is 17.7 Å². The largest absolute Gasteiger partial charge is 0.301 e. The topological polar surface area (TPSA) is 75.3 Å². The summed E-state index contributed by atoms with van der Waals surface area (Å²) in [6.07, 6.45) is 0. The standard InChI is InChI=1S/C14H14N2O3S/c17-14(13-9-5-2-6-10-13)16-20(18,19)15-11-12-7-3-1-4-8-12/h1-10,15H,11H2,(H,16,17). The molecule has 2 aromatic carbocycles. The van der Waals surface area contributed by atoms with Gasteiger partial charge in [0.1, 0.15) is 0 Å². The van der Waals surface area contributed by atoms with E-state index in [4.69, 9.17) is 0 Å². The van der Waals surface area contributed by atoms with Crippen molar-refractivity contribution >= 4 is 16.1 Å².